The van der Waals surface area contributed by atoms with Crippen LogP contribution in [0.5, 0.6) is 5.75 Å². The first-order valence-corrected chi connectivity index (χ1v) is 7.15. The third-order valence-electron chi connectivity index (χ3n) is 3.11. The van der Waals surface area contributed by atoms with Gasteiger partial charge in [-0.25, -0.2) is 0 Å². The predicted octanol–water partition coefficient (Wildman–Crippen LogP) is 4.02. The van der Waals surface area contributed by atoms with E-state index < -0.39 is 11.4 Å². The summed E-state index contributed by atoms with van der Waals surface area (Å²) in [7, 11) is 0. The van der Waals surface area contributed by atoms with Gasteiger partial charge < -0.3 is 4.18 Å². The third-order valence-corrected chi connectivity index (χ3v) is 3.43. The van der Waals surface area contributed by atoms with Crippen molar-refractivity contribution in [1.82, 2.24) is 0 Å². The zero-order valence-electron chi connectivity index (χ0n) is 10.5. The van der Waals surface area contributed by atoms with Crippen LogP contribution in [0, 0.1) is 0 Å². The van der Waals surface area contributed by atoms with E-state index in [1.165, 1.54) is 0 Å². The van der Waals surface area contributed by atoms with E-state index in [1.54, 1.807) is 12.1 Å². The van der Waals surface area contributed by atoms with Crippen LogP contribution in [0.2, 0.25) is 0 Å². The second-order valence-corrected chi connectivity index (χ2v) is 4.93. The van der Waals surface area contributed by atoms with Gasteiger partial charge in [-0.15, -0.1) is 0 Å². The van der Waals surface area contributed by atoms with Crippen molar-refractivity contribution in [2.24, 2.45) is 0 Å². The minimum Gasteiger partial charge on any atom is -0.379 e. The molecule has 3 nitrogen and oxygen atoms in total. The molecule has 0 saturated carbocycles. The number of hydrogen-bond donors (Lipinski definition) is 1. The molecule has 0 aromatic heterocycles. The van der Waals surface area contributed by atoms with E-state index in [0.29, 0.717) is 5.75 Å². The average Bonchev–Trinajstić information content (AvgIpc) is 2.47. The molecule has 0 spiro atoms. The van der Waals surface area contributed by atoms with Crippen molar-refractivity contribution in [2.75, 3.05) is 0 Å². The second kappa shape index (κ2) is 5.45. The van der Waals surface area contributed by atoms with Crippen molar-refractivity contribution in [3.8, 4) is 16.9 Å². The molecule has 4 heteroatoms. The largest absolute Gasteiger partial charge is 0.379 e. The number of rotatable bonds is 3. The van der Waals surface area contributed by atoms with Crippen LogP contribution in [0.15, 0.2) is 66.7 Å². The van der Waals surface area contributed by atoms with Crippen LogP contribution >= 0.6 is 0 Å². The molecule has 3 aromatic rings. The lowest BCUT2D eigenvalue weighted by atomic mass is 9.98. The van der Waals surface area contributed by atoms with Crippen LogP contribution in [0.25, 0.3) is 21.9 Å². The van der Waals surface area contributed by atoms with E-state index in [0.717, 1.165) is 21.9 Å². The summed E-state index contributed by atoms with van der Waals surface area (Å²) in [6, 6.07) is 21.2. The molecule has 20 heavy (non-hydrogen) atoms. The zero-order chi connectivity index (χ0) is 13.9. The molecule has 0 heterocycles. The summed E-state index contributed by atoms with van der Waals surface area (Å²) >= 11 is -2.34. The molecule has 0 amide bonds. The van der Waals surface area contributed by atoms with Crippen LogP contribution in [0.1, 0.15) is 0 Å². The summed E-state index contributed by atoms with van der Waals surface area (Å²) in [5.74, 6) is 0.405. The highest BCUT2D eigenvalue weighted by Crippen LogP contribution is 2.35. The Kier molecular flexibility index (Phi) is 3.50. The first-order valence-electron chi connectivity index (χ1n) is 6.12. The normalized spacial score (nSPS) is 12.2. The molecule has 1 N–H and O–H groups in total. The molecule has 1 atom stereocenters. The summed E-state index contributed by atoms with van der Waals surface area (Å²) in [6.45, 7) is 0. The highest BCUT2D eigenvalue weighted by Gasteiger charge is 2.10. The third kappa shape index (κ3) is 2.43. The summed E-state index contributed by atoms with van der Waals surface area (Å²) in [5.41, 5.74) is 2.02. The van der Waals surface area contributed by atoms with Crippen molar-refractivity contribution in [2.45, 2.75) is 0 Å². The Balaban J connectivity index is 2.29. The summed E-state index contributed by atoms with van der Waals surface area (Å²) in [5, 5.41) is 1.80. The smallest absolute Gasteiger partial charge is 0.357 e. The van der Waals surface area contributed by atoms with Crippen molar-refractivity contribution >= 4 is 22.1 Å². The van der Waals surface area contributed by atoms with Crippen LogP contribution in [-0.2, 0) is 11.4 Å². The van der Waals surface area contributed by atoms with Crippen LogP contribution < -0.4 is 4.18 Å². The topological polar surface area (TPSA) is 46.5 Å². The number of fused-ring (bicyclic) bond motifs is 1. The predicted molar refractivity (Wildman–Crippen MR) is 80.8 cm³/mol. The van der Waals surface area contributed by atoms with E-state index in [1.807, 2.05) is 54.6 Å². The van der Waals surface area contributed by atoms with E-state index in [9.17, 15) is 4.21 Å². The molecule has 0 aliphatic carbocycles. The minimum atomic E-state index is -2.34. The molecule has 0 radical (unpaired) electrons. The zero-order valence-corrected chi connectivity index (χ0v) is 11.3. The van der Waals surface area contributed by atoms with Gasteiger partial charge in [-0.3, -0.25) is 4.55 Å². The molecule has 100 valence electrons. The Labute approximate surface area is 119 Å². The lowest BCUT2D eigenvalue weighted by Gasteiger charge is -2.10. The van der Waals surface area contributed by atoms with Gasteiger partial charge in [0.05, 0.1) is 0 Å². The maximum absolute atomic E-state index is 10.9. The Morgan fingerprint density at radius 3 is 2.25 bits per heavy atom. The van der Waals surface area contributed by atoms with Crippen LogP contribution in [-0.4, -0.2) is 8.76 Å². The molecular formula is C16H12O3S. The fourth-order valence-electron chi connectivity index (χ4n) is 2.31. The highest BCUT2D eigenvalue weighted by molar-refractivity contribution is 7.74. The van der Waals surface area contributed by atoms with Gasteiger partial charge in [-0.1, -0.05) is 60.7 Å². The van der Waals surface area contributed by atoms with E-state index in [4.69, 9.17) is 8.74 Å². The molecule has 0 aliphatic heterocycles. The standard InChI is InChI=1S/C16H12O3S/c17-20(18)19-15-11-5-9-13-8-4-10-14(16(13)15)12-6-2-1-3-7-12/h1-11H,(H,17,18). The quantitative estimate of drug-likeness (QED) is 0.739. The summed E-state index contributed by atoms with van der Waals surface area (Å²) in [4.78, 5) is 0. The first-order chi connectivity index (χ1) is 9.75. The molecular weight excluding hydrogens is 272 g/mol. The second-order valence-electron chi connectivity index (χ2n) is 4.33. The monoisotopic (exact) mass is 284 g/mol. The van der Waals surface area contributed by atoms with Gasteiger partial charge in [0.25, 0.3) is 0 Å². The van der Waals surface area contributed by atoms with Gasteiger partial charge in [0.15, 0.2) is 5.75 Å². The molecule has 3 aromatic carbocycles. The highest BCUT2D eigenvalue weighted by atomic mass is 32.2. The van der Waals surface area contributed by atoms with Crippen molar-refractivity contribution in [1.29, 1.82) is 0 Å². The van der Waals surface area contributed by atoms with Crippen molar-refractivity contribution in [3.63, 3.8) is 0 Å². The van der Waals surface area contributed by atoms with Crippen molar-refractivity contribution < 1.29 is 12.9 Å². The van der Waals surface area contributed by atoms with E-state index >= 15 is 0 Å². The maximum Gasteiger partial charge on any atom is 0.357 e. The molecule has 3 rings (SSSR count). The SMILES string of the molecule is O=S(O)Oc1cccc2cccc(-c3ccccc3)c12. The first kappa shape index (κ1) is 12.8. The fourth-order valence-corrected chi connectivity index (χ4v) is 2.60. The Morgan fingerprint density at radius 2 is 1.55 bits per heavy atom. The molecule has 0 bridgehead atoms. The lowest BCUT2D eigenvalue weighted by Crippen LogP contribution is -1.98. The molecule has 0 saturated heterocycles. The van der Waals surface area contributed by atoms with Gasteiger partial charge in [-0.2, -0.15) is 4.21 Å². The Bertz CT molecular complexity index is 764. The van der Waals surface area contributed by atoms with Crippen molar-refractivity contribution in [3.05, 3.63) is 66.7 Å². The van der Waals surface area contributed by atoms with Gasteiger partial charge in [-0.05, 0) is 22.6 Å². The van der Waals surface area contributed by atoms with Gasteiger partial charge in [0.2, 0.25) is 0 Å². The van der Waals surface area contributed by atoms with Gasteiger partial charge in [0.1, 0.15) is 0 Å². The maximum atomic E-state index is 10.9. The Morgan fingerprint density at radius 1 is 0.850 bits per heavy atom. The molecule has 1 unspecified atom stereocenters. The van der Waals surface area contributed by atoms with E-state index in [-0.39, 0.29) is 0 Å². The van der Waals surface area contributed by atoms with Gasteiger partial charge in [0, 0.05) is 5.39 Å². The fraction of sp³-hybridized carbons (Fsp3) is 0. The number of benzene rings is 3. The lowest BCUT2D eigenvalue weighted by molar-refractivity contribution is 0.460. The summed E-state index contributed by atoms with van der Waals surface area (Å²) < 4.78 is 24.9. The van der Waals surface area contributed by atoms with Crippen LogP contribution in [0.3, 0.4) is 0 Å². The van der Waals surface area contributed by atoms with Gasteiger partial charge >= 0.3 is 11.4 Å². The molecule has 0 aliphatic rings. The minimum absolute atomic E-state index is 0.405. The average molecular weight is 284 g/mol. The number of hydrogen-bond acceptors (Lipinski definition) is 2. The van der Waals surface area contributed by atoms with Crippen LogP contribution in [0.4, 0.5) is 0 Å². The molecule has 0 fully saturated rings. The summed E-state index contributed by atoms with van der Waals surface area (Å²) in [6.07, 6.45) is 0. The van der Waals surface area contributed by atoms with E-state index in [2.05, 4.69) is 0 Å². The Hall–Kier alpha value is -2.17.